The van der Waals surface area contributed by atoms with Crippen LogP contribution in [-0.4, -0.2) is 14.8 Å². The van der Waals surface area contributed by atoms with Gasteiger partial charge in [0.1, 0.15) is 0 Å². The van der Waals surface area contributed by atoms with Gasteiger partial charge in [-0.15, -0.1) is 5.10 Å². The second-order valence-electron chi connectivity index (χ2n) is 3.25. The first-order valence-electron chi connectivity index (χ1n) is 4.59. The van der Waals surface area contributed by atoms with Crippen molar-refractivity contribution in [3.05, 3.63) is 4.77 Å². The molecule has 0 aliphatic carbocycles. The second kappa shape index (κ2) is 4.41. The van der Waals surface area contributed by atoms with E-state index >= 15 is 0 Å². The molecular formula is C8H16N4S. The fraction of sp³-hybridized carbons (Fsp3) is 0.750. The lowest BCUT2D eigenvalue weighted by Crippen LogP contribution is -2.08. The first-order chi connectivity index (χ1) is 6.16. The summed E-state index contributed by atoms with van der Waals surface area (Å²) in [7, 11) is 0. The van der Waals surface area contributed by atoms with E-state index in [1.165, 1.54) is 12.8 Å². The van der Waals surface area contributed by atoms with E-state index in [1.54, 1.807) is 0 Å². The number of nitrogens with two attached hydrogens (primary N) is 1. The van der Waals surface area contributed by atoms with Crippen LogP contribution in [0.2, 0.25) is 0 Å². The van der Waals surface area contributed by atoms with Gasteiger partial charge in [0.15, 0.2) is 4.77 Å². The van der Waals surface area contributed by atoms with E-state index in [0.29, 0.717) is 16.8 Å². The van der Waals surface area contributed by atoms with E-state index in [9.17, 15) is 0 Å². The van der Waals surface area contributed by atoms with Gasteiger partial charge in [-0.25, -0.2) is 5.10 Å². The molecule has 0 amide bonds. The molecule has 1 atom stereocenters. The molecule has 0 fully saturated rings. The topological polar surface area (TPSA) is 59.6 Å². The Morgan fingerprint density at radius 1 is 1.69 bits per heavy atom. The number of H-pyrrole nitrogens is 1. The minimum atomic E-state index is 0.339. The van der Waals surface area contributed by atoms with Gasteiger partial charge in [0.05, 0.1) is 0 Å². The minimum Gasteiger partial charge on any atom is -0.368 e. The average molecular weight is 200 g/mol. The molecule has 13 heavy (non-hydrogen) atoms. The molecule has 3 N–H and O–H groups in total. The molecule has 0 saturated carbocycles. The Labute approximate surface area is 83.1 Å². The number of nitrogens with zero attached hydrogens (tertiary/aromatic N) is 2. The molecule has 0 aliphatic rings. The van der Waals surface area contributed by atoms with Crippen LogP contribution in [0.25, 0.3) is 0 Å². The number of aromatic nitrogens is 3. The highest BCUT2D eigenvalue weighted by atomic mass is 32.1. The molecule has 1 aromatic heterocycles. The maximum Gasteiger partial charge on any atom is 0.220 e. The zero-order valence-corrected chi connectivity index (χ0v) is 8.90. The van der Waals surface area contributed by atoms with Crippen LogP contribution in [0.1, 0.15) is 39.2 Å². The van der Waals surface area contributed by atoms with Gasteiger partial charge in [0, 0.05) is 6.04 Å². The SMILES string of the molecule is CCCCC(C)n1c(N)n[nH]c1=S. The Hall–Kier alpha value is -0.840. The molecule has 1 unspecified atom stereocenters. The summed E-state index contributed by atoms with van der Waals surface area (Å²) < 4.78 is 2.48. The molecule has 5 heteroatoms. The van der Waals surface area contributed by atoms with E-state index in [2.05, 4.69) is 24.0 Å². The molecule has 1 aromatic rings. The summed E-state index contributed by atoms with van der Waals surface area (Å²) in [5, 5.41) is 6.55. The smallest absolute Gasteiger partial charge is 0.220 e. The molecular weight excluding hydrogens is 184 g/mol. The molecule has 4 nitrogen and oxygen atoms in total. The van der Waals surface area contributed by atoms with Crippen LogP contribution in [0.15, 0.2) is 0 Å². The number of hydrogen-bond donors (Lipinski definition) is 2. The molecule has 0 radical (unpaired) electrons. The van der Waals surface area contributed by atoms with Crippen molar-refractivity contribution < 1.29 is 0 Å². The van der Waals surface area contributed by atoms with Crippen molar-refractivity contribution in [2.45, 2.75) is 39.2 Å². The highest BCUT2D eigenvalue weighted by Gasteiger charge is 2.09. The highest BCUT2D eigenvalue weighted by molar-refractivity contribution is 7.71. The zero-order valence-electron chi connectivity index (χ0n) is 8.08. The number of anilines is 1. The number of nitrogen functional groups attached to an aromatic ring is 1. The van der Waals surface area contributed by atoms with Crippen LogP contribution in [0, 0.1) is 4.77 Å². The summed E-state index contributed by atoms with van der Waals surface area (Å²) in [6.45, 7) is 4.28. The Morgan fingerprint density at radius 3 is 2.85 bits per heavy atom. The number of unbranched alkanes of at least 4 members (excludes halogenated alkanes) is 1. The normalized spacial score (nSPS) is 13.1. The number of aromatic amines is 1. The van der Waals surface area contributed by atoms with Crippen LogP contribution in [0.3, 0.4) is 0 Å². The Kier molecular flexibility index (Phi) is 3.48. The fourth-order valence-corrected chi connectivity index (χ4v) is 1.69. The molecule has 0 aromatic carbocycles. The van der Waals surface area contributed by atoms with Gasteiger partial charge in [0.25, 0.3) is 0 Å². The minimum absolute atomic E-state index is 0.339. The molecule has 74 valence electrons. The van der Waals surface area contributed by atoms with Gasteiger partial charge < -0.3 is 5.73 Å². The molecule has 1 rings (SSSR count). The monoisotopic (exact) mass is 200 g/mol. The van der Waals surface area contributed by atoms with Crippen LogP contribution < -0.4 is 5.73 Å². The summed E-state index contributed by atoms with van der Waals surface area (Å²) in [6, 6.07) is 0.339. The predicted octanol–water partition coefficient (Wildman–Crippen LogP) is 2.27. The van der Waals surface area contributed by atoms with Crippen LogP contribution >= 0.6 is 12.2 Å². The first-order valence-corrected chi connectivity index (χ1v) is 5.00. The van der Waals surface area contributed by atoms with E-state index < -0.39 is 0 Å². The van der Waals surface area contributed by atoms with Crippen molar-refractivity contribution in [1.82, 2.24) is 14.8 Å². The van der Waals surface area contributed by atoms with Gasteiger partial charge in [-0.3, -0.25) is 4.57 Å². The standard InChI is InChI=1S/C8H16N4S/c1-3-4-5-6(2)12-7(9)10-11-8(12)13/h6H,3-5H2,1-2H3,(H2,9,10)(H,11,13). The van der Waals surface area contributed by atoms with Gasteiger partial charge in [-0.2, -0.15) is 0 Å². The van der Waals surface area contributed by atoms with Crippen molar-refractivity contribution in [3.63, 3.8) is 0 Å². The lowest BCUT2D eigenvalue weighted by atomic mass is 10.1. The predicted molar refractivity (Wildman–Crippen MR) is 56.1 cm³/mol. The van der Waals surface area contributed by atoms with Crippen molar-refractivity contribution in [3.8, 4) is 0 Å². The third kappa shape index (κ3) is 2.30. The maximum atomic E-state index is 5.67. The largest absolute Gasteiger partial charge is 0.368 e. The third-order valence-corrected chi connectivity index (χ3v) is 2.44. The average Bonchev–Trinajstić information content (AvgIpc) is 2.42. The maximum absolute atomic E-state index is 5.67. The van der Waals surface area contributed by atoms with E-state index in [1.807, 2.05) is 4.57 Å². The summed E-state index contributed by atoms with van der Waals surface area (Å²) in [5.74, 6) is 0.480. The molecule has 1 heterocycles. The zero-order chi connectivity index (χ0) is 9.84. The lowest BCUT2D eigenvalue weighted by Gasteiger charge is -2.12. The second-order valence-corrected chi connectivity index (χ2v) is 3.63. The summed E-state index contributed by atoms with van der Waals surface area (Å²) in [6.07, 6.45) is 3.47. The van der Waals surface area contributed by atoms with E-state index in [0.717, 1.165) is 6.42 Å². The summed E-state index contributed by atoms with van der Waals surface area (Å²) in [4.78, 5) is 0. The number of nitrogens with one attached hydrogen (secondary N) is 1. The van der Waals surface area contributed by atoms with Crippen molar-refractivity contribution >= 4 is 18.2 Å². The number of hydrogen-bond acceptors (Lipinski definition) is 3. The fourth-order valence-electron chi connectivity index (χ4n) is 1.37. The van der Waals surface area contributed by atoms with Crippen molar-refractivity contribution in [2.75, 3.05) is 5.73 Å². The van der Waals surface area contributed by atoms with Crippen molar-refractivity contribution in [1.29, 1.82) is 0 Å². The Balaban J connectivity index is 2.75. The van der Waals surface area contributed by atoms with E-state index in [-0.39, 0.29) is 0 Å². The van der Waals surface area contributed by atoms with Gasteiger partial charge in [-0.05, 0) is 25.6 Å². The van der Waals surface area contributed by atoms with Crippen LogP contribution in [0.4, 0.5) is 5.95 Å². The van der Waals surface area contributed by atoms with Crippen LogP contribution in [-0.2, 0) is 0 Å². The van der Waals surface area contributed by atoms with Gasteiger partial charge in [-0.1, -0.05) is 19.8 Å². The first kappa shape index (κ1) is 10.2. The Morgan fingerprint density at radius 2 is 2.38 bits per heavy atom. The summed E-state index contributed by atoms with van der Waals surface area (Å²) in [5.41, 5.74) is 5.67. The molecule has 0 aliphatic heterocycles. The number of rotatable bonds is 4. The quantitative estimate of drug-likeness (QED) is 0.733. The summed E-state index contributed by atoms with van der Waals surface area (Å²) >= 11 is 5.06. The molecule has 0 saturated heterocycles. The Bertz CT molecular complexity index is 314. The van der Waals surface area contributed by atoms with Crippen LogP contribution in [0.5, 0.6) is 0 Å². The highest BCUT2D eigenvalue weighted by Crippen LogP contribution is 2.17. The molecule has 0 bridgehead atoms. The van der Waals surface area contributed by atoms with Gasteiger partial charge in [0.2, 0.25) is 5.95 Å². The lowest BCUT2D eigenvalue weighted by molar-refractivity contribution is 0.485. The van der Waals surface area contributed by atoms with E-state index in [4.69, 9.17) is 18.0 Å². The third-order valence-electron chi connectivity index (χ3n) is 2.15. The van der Waals surface area contributed by atoms with Gasteiger partial charge >= 0.3 is 0 Å². The van der Waals surface area contributed by atoms with Crippen molar-refractivity contribution in [2.24, 2.45) is 0 Å². The molecule has 0 spiro atoms.